The van der Waals surface area contributed by atoms with Gasteiger partial charge in [0.05, 0.1) is 6.61 Å². The molecule has 0 spiro atoms. The Morgan fingerprint density at radius 1 is 1.48 bits per heavy atom. The molecule has 0 aromatic carbocycles. The van der Waals surface area contributed by atoms with E-state index in [4.69, 9.17) is 4.74 Å². The largest absolute Gasteiger partial charge is 0.381 e. The van der Waals surface area contributed by atoms with E-state index in [0.29, 0.717) is 5.92 Å². The lowest BCUT2D eigenvalue weighted by atomic mass is 9.99. The Labute approximate surface area is 126 Å². The second-order valence-corrected chi connectivity index (χ2v) is 7.06. The third-order valence-corrected chi connectivity index (χ3v) is 5.10. The molecule has 1 fully saturated rings. The van der Waals surface area contributed by atoms with Crippen LogP contribution in [-0.4, -0.2) is 46.8 Å². The molecular formula is C14H23N3O3S. The number of ether oxygens (including phenoxy) is 1. The Hall–Kier alpha value is -1.18. The van der Waals surface area contributed by atoms with Crippen molar-refractivity contribution < 1.29 is 13.2 Å². The predicted octanol–water partition coefficient (Wildman–Crippen LogP) is 1.24. The van der Waals surface area contributed by atoms with Crippen LogP contribution in [0.1, 0.15) is 19.8 Å². The van der Waals surface area contributed by atoms with E-state index in [1.54, 1.807) is 12.1 Å². The highest BCUT2D eigenvalue weighted by Gasteiger charge is 2.21. The minimum absolute atomic E-state index is 0.191. The number of nitrogens with zero attached hydrogens (tertiary/aromatic N) is 2. The number of nitrogens with one attached hydrogen (secondary N) is 1. The van der Waals surface area contributed by atoms with E-state index < -0.39 is 10.0 Å². The van der Waals surface area contributed by atoms with Crippen LogP contribution < -0.4 is 9.62 Å². The van der Waals surface area contributed by atoms with Crippen LogP contribution in [0.3, 0.4) is 0 Å². The zero-order valence-electron chi connectivity index (χ0n) is 12.6. The van der Waals surface area contributed by atoms with Gasteiger partial charge < -0.3 is 9.64 Å². The summed E-state index contributed by atoms with van der Waals surface area (Å²) in [5, 5.41) is 0. The maximum Gasteiger partial charge on any atom is 0.241 e. The first-order chi connectivity index (χ1) is 10.1. The van der Waals surface area contributed by atoms with Crippen LogP contribution in [-0.2, 0) is 14.8 Å². The molecule has 1 N–H and O–H groups in total. The summed E-state index contributed by atoms with van der Waals surface area (Å²) < 4.78 is 31.1. The second kappa shape index (κ2) is 7.20. The number of sulfonamides is 1. The fourth-order valence-corrected chi connectivity index (χ4v) is 3.20. The maximum absolute atomic E-state index is 11.7. The van der Waals surface area contributed by atoms with Gasteiger partial charge in [-0.05, 0) is 44.9 Å². The summed E-state index contributed by atoms with van der Waals surface area (Å²) in [6.45, 7) is 5.38. The summed E-state index contributed by atoms with van der Waals surface area (Å²) in [4.78, 5) is 6.69. The molecule has 1 aliphatic rings. The van der Waals surface area contributed by atoms with Crippen molar-refractivity contribution in [2.75, 3.05) is 38.3 Å². The van der Waals surface area contributed by atoms with Crippen molar-refractivity contribution in [1.82, 2.24) is 9.71 Å². The summed E-state index contributed by atoms with van der Waals surface area (Å²) in [5.41, 5.74) is 0. The highest BCUT2D eigenvalue weighted by Crippen LogP contribution is 2.22. The van der Waals surface area contributed by atoms with Gasteiger partial charge in [-0.25, -0.2) is 18.1 Å². The summed E-state index contributed by atoms with van der Waals surface area (Å²) in [7, 11) is -2.02. The van der Waals surface area contributed by atoms with Crippen molar-refractivity contribution in [3.63, 3.8) is 0 Å². The quantitative estimate of drug-likeness (QED) is 0.855. The summed E-state index contributed by atoms with van der Waals surface area (Å²) in [6, 6.07) is 3.37. The molecule has 118 valence electrons. The number of hydrogen-bond donors (Lipinski definition) is 1. The number of piperidine rings is 1. The summed E-state index contributed by atoms with van der Waals surface area (Å²) in [6.07, 6.45) is 3.69. The zero-order valence-corrected chi connectivity index (χ0v) is 13.4. The Balaban J connectivity index is 2.04. The lowest BCUT2D eigenvalue weighted by molar-refractivity contribution is 0.104. The number of rotatable bonds is 6. The fourth-order valence-electron chi connectivity index (χ4n) is 2.53. The molecule has 1 unspecified atom stereocenters. The van der Waals surface area contributed by atoms with Gasteiger partial charge in [0.15, 0.2) is 0 Å². The van der Waals surface area contributed by atoms with Crippen molar-refractivity contribution in [1.29, 1.82) is 0 Å². The molecule has 1 aliphatic heterocycles. The van der Waals surface area contributed by atoms with Crippen LogP contribution in [0.25, 0.3) is 0 Å². The van der Waals surface area contributed by atoms with E-state index in [1.807, 2.05) is 6.92 Å². The summed E-state index contributed by atoms with van der Waals surface area (Å²) in [5.74, 6) is 1.34. The Bertz CT molecular complexity index is 545. The minimum Gasteiger partial charge on any atom is -0.381 e. The van der Waals surface area contributed by atoms with Crippen molar-refractivity contribution in [3.05, 3.63) is 18.3 Å². The third-order valence-electron chi connectivity index (χ3n) is 3.70. The lowest BCUT2D eigenvalue weighted by Gasteiger charge is -2.33. The molecule has 7 heteroatoms. The SMILES string of the molecule is CCOCC1CCCN(c2ccc(S(=O)(=O)NC)cn2)C1. The van der Waals surface area contributed by atoms with Gasteiger partial charge in [0.2, 0.25) is 10.0 Å². The molecule has 6 nitrogen and oxygen atoms in total. The van der Waals surface area contributed by atoms with E-state index in [2.05, 4.69) is 14.6 Å². The molecule has 2 heterocycles. The molecule has 21 heavy (non-hydrogen) atoms. The molecule has 1 saturated heterocycles. The smallest absolute Gasteiger partial charge is 0.241 e. The van der Waals surface area contributed by atoms with Crippen molar-refractivity contribution in [2.24, 2.45) is 5.92 Å². The van der Waals surface area contributed by atoms with Crippen LogP contribution in [0, 0.1) is 5.92 Å². The highest BCUT2D eigenvalue weighted by atomic mass is 32.2. The lowest BCUT2D eigenvalue weighted by Crippen LogP contribution is -2.37. The fraction of sp³-hybridized carbons (Fsp3) is 0.643. The van der Waals surface area contributed by atoms with E-state index in [1.165, 1.54) is 19.7 Å². The monoisotopic (exact) mass is 313 g/mol. The van der Waals surface area contributed by atoms with E-state index in [0.717, 1.165) is 38.5 Å². The highest BCUT2D eigenvalue weighted by molar-refractivity contribution is 7.89. The van der Waals surface area contributed by atoms with E-state index >= 15 is 0 Å². The number of pyridine rings is 1. The van der Waals surface area contributed by atoms with Gasteiger partial charge in [0, 0.05) is 25.9 Å². The normalized spacial score (nSPS) is 19.7. The molecule has 1 atom stereocenters. The molecule has 1 aromatic heterocycles. The molecule has 0 saturated carbocycles. The second-order valence-electron chi connectivity index (χ2n) is 5.17. The van der Waals surface area contributed by atoms with Gasteiger partial charge in [-0.1, -0.05) is 0 Å². The van der Waals surface area contributed by atoms with Crippen LogP contribution in [0.15, 0.2) is 23.2 Å². The molecule has 0 amide bonds. The van der Waals surface area contributed by atoms with Crippen molar-refractivity contribution >= 4 is 15.8 Å². The first-order valence-corrected chi connectivity index (χ1v) is 8.77. The first-order valence-electron chi connectivity index (χ1n) is 7.29. The van der Waals surface area contributed by atoms with Gasteiger partial charge in [0.25, 0.3) is 0 Å². The molecule has 0 aliphatic carbocycles. The van der Waals surface area contributed by atoms with Crippen LogP contribution in [0.4, 0.5) is 5.82 Å². The average molecular weight is 313 g/mol. The molecule has 0 radical (unpaired) electrons. The minimum atomic E-state index is -3.42. The van der Waals surface area contributed by atoms with Crippen molar-refractivity contribution in [2.45, 2.75) is 24.7 Å². The molecule has 0 bridgehead atoms. The van der Waals surface area contributed by atoms with Gasteiger partial charge in [-0.2, -0.15) is 0 Å². The van der Waals surface area contributed by atoms with Gasteiger partial charge in [0.1, 0.15) is 10.7 Å². The molecule has 1 aromatic rings. The van der Waals surface area contributed by atoms with Crippen LogP contribution >= 0.6 is 0 Å². The maximum atomic E-state index is 11.7. The van der Waals surface area contributed by atoms with Crippen molar-refractivity contribution in [3.8, 4) is 0 Å². The number of hydrogen-bond acceptors (Lipinski definition) is 5. The topological polar surface area (TPSA) is 71.5 Å². The van der Waals surface area contributed by atoms with Crippen LogP contribution in [0.5, 0.6) is 0 Å². The molecule has 2 rings (SSSR count). The predicted molar refractivity (Wildman–Crippen MR) is 81.9 cm³/mol. The van der Waals surface area contributed by atoms with Gasteiger partial charge in [-0.3, -0.25) is 0 Å². The van der Waals surface area contributed by atoms with E-state index in [-0.39, 0.29) is 4.90 Å². The summed E-state index contributed by atoms with van der Waals surface area (Å²) >= 11 is 0. The Morgan fingerprint density at radius 2 is 2.29 bits per heavy atom. The van der Waals surface area contributed by atoms with Crippen LogP contribution in [0.2, 0.25) is 0 Å². The number of aromatic nitrogens is 1. The third kappa shape index (κ3) is 4.15. The van der Waals surface area contributed by atoms with Gasteiger partial charge in [-0.15, -0.1) is 0 Å². The average Bonchev–Trinajstić information content (AvgIpc) is 2.53. The standard InChI is InChI=1S/C14H23N3O3S/c1-3-20-11-12-5-4-8-17(10-12)14-7-6-13(9-16-14)21(18,19)15-2/h6-7,9,12,15H,3-5,8,10-11H2,1-2H3. The van der Waals surface area contributed by atoms with E-state index in [9.17, 15) is 8.42 Å². The first kappa shape index (κ1) is 16.2. The Morgan fingerprint density at radius 3 is 2.90 bits per heavy atom. The molecular weight excluding hydrogens is 290 g/mol. The Kier molecular flexibility index (Phi) is 5.55. The van der Waals surface area contributed by atoms with Gasteiger partial charge >= 0.3 is 0 Å². The number of anilines is 1. The zero-order chi connectivity index (χ0) is 15.3.